The maximum atomic E-state index is 9.41. The van der Waals surface area contributed by atoms with Gasteiger partial charge in [0.25, 0.3) is 0 Å². The van der Waals surface area contributed by atoms with E-state index in [9.17, 15) is 5.11 Å². The number of hydrogen-bond acceptors (Lipinski definition) is 3. The van der Waals surface area contributed by atoms with Gasteiger partial charge in [-0.3, -0.25) is 0 Å². The van der Waals surface area contributed by atoms with Crippen molar-refractivity contribution in [2.75, 3.05) is 19.8 Å². The molecular weight excluding hydrogens is 214 g/mol. The molecule has 0 aromatic heterocycles. The van der Waals surface area contributed by atoms with E-state index in [1.165, 1.54) is 0 Å². The molecule has 0 unspecified atom stereocenters. The summed E-state index contributed by atoms with van der Waals surface area (Å²) in [6.07, 6.45) is 1.01. The lowest BCUT2D eigenvalue weighted by Crippen LogP contribution is -2.23. The Hall–Kier alpha value is -0.770. The summed E-state index contributed by atoms with van der Waals surface area (Å²) in [6.45, 7) is 2.29. The molecule has 2 N–H and O–H groups in total. The molecule has 3 nitrogen and oxygen atoms in total. The Morgan fingerprint density at radius 2 is 2.33 bits per heavy atom. The molecule has 1 heterocycles. The lowest BCUT2D eigenvalue weighted by atomic mass is 10.1. The summed E-state index contributed by atoms with van der Waals surface area (Å²) >= 11 is 6.08. The van der Waals surface area contributed by atoms with Crippen LogP contribution in [0.5, 0.6) is 5.75 Å². The van der Waals surface area contributed by atoms with Gasteiger partial charge in [0, 0.05) is 11.6 Å². The van der Waals surface area contributed by atoms with Crippen molar-refractivity contribution in [1.82, 2.24) is 5.32 Å². The van der Waals surface area contributed by atoms with E-state index in [2.05, 4.69) is 5.32 Å². The first-order valence-electron chi connectivity index (χ1n) is 5.07. The zero-order chi connectivity index (χ0) is 10.7. The first kappa shape index (κ1) is 10.7. The predicted octanol–water partition coefficient (Wildman–Crippen LogP) is 2.10. The quantitative estimate of drug-likeness (QED) is 0.772. The van der Waals surface area contributed by atoms with E-state index in [-0.39, 0.29) is 11.8 Å². The van der Waals surface area contributed by atoms with Crippen LogP contribution in [0.2, 0.25) is 5.02 Å². The second-order valence-corrected chi connectivity index (χ2v) is 4.05. The van der Waals surface area contributed by atoms with Gasteiger partial charge in [-0.05, 0) is 36.7 Å². The summed E-state index contributed by atoms with van der Waals surface area (Å²) in [7, 11) is 0. The molecule has 0 spiro atoms. The smallest absolute Gasteiger partial charge is 0.116 e. The number of benzene rings is 1. The monoisotopic (exact) mass is 227 g/mol. The fourth-order valence-corrected chi connectivity index (χ4v) is 1.96. The van der Waals surface area contributed by atoms with Crippen LogP contribution in [0, 0.1) is 0 Å². The van der Waals surface area contributed by atoms with Crippen LogP contribution in [0.25, 0.3) is 0 Å². The molecule has 1 aromatic rings. The normalized spacial score (nSPS) is 22.3. The number of phenols is 1. The van der Waals surface area contributed by atoms with Gasteiger partial charge in [0.1, 0.15) is 5.75 Å². The van der Waals surface area contributed by atoms with Crippen molar-refractivity contribution in [1.29, 1.82) is 0 Å². The summed E-state index contributed by atoms with van der Waals surface area (Å²) in [6, 6.07) is 5.06. The third-order valence-electron chi connectivity index (χ3n) is 2.50. The molecule has 82 valence electrons. The Kier molecular flexibility index (Phi) is 3.46. The highest BCUT2D eigenvalue weighted by molar-refractivity contribution is 6.31. The Morgan fingerprint density at radius 1 is 1.47 bits per heavy atom. The molecule has 4 heteroatoms. The van der Waals surface area contributed by atoms with Crippen LogP contribution in [0.3, 0.4) is 0 Å². The molecule has 1 aliphatic heterocycles. The van der Waals surface area contributed by atoms with Gasteiger partial charge >= 0.3 is 0 Å². The van der Waals surface area contributed by atoms with Crippen LogP contribution in [-0.4, -0.2) is 24.9 Å². The number of rotatable bonds is 1. The summed E-state index contributed by atoms with van der Waals surface area (Å²) < 4.78 is 5.45. The molecule has 1 aromatic carbocycles. The van der Waals surface area contributed by atoms with Crippen LogP contribution in [-0.2, 0) is 4.74 Å². The summed E-state index contributed by atoms with van der Waals surface area (Å²) in [5, 5.41) is 13.4. The second-order valence-electron chi connectivity index (χ2n) is 3.64. The number of nitrogens with one attached hydrogen (secondary N) is 1. The maximum Gasteiger partial charge on any atom is 0.116 e. The molecule has 1 atom stereocenters. The molecule has 1 aliphatic rings. The Labute approximate surface area is 94.0 Å². The van der Waals surface area contributed by atoms with Crippen molar-refractivity contribution in [2.24, 2.45) is 0 Å². The fraction of sp³-hybridized carbons (Fsp3) is 0.455. The average Bonchev–Trinajstić information content (AvgIpc) is 2.50. The topological polar surface area (TPSA) is 41.5 Å². The first-order chi connectivity index (χ1) is 7.27. The van der Waals surface area contributed by atoms with Crippen molar-refractivity contribution in [3.05, 3.63) is 28.8 Å². The Morgan fingerprint density at radius 3 is 3.20 bits per heavy atom. The number of halogens is 1. The molecule has 1 saturated heterocycles. The van der Waals surface area contributed by atoms with Gasteiger partial charge in [-0.25, -0.2) is 0 Å². The van der Waals surface area contributed by atoms with E-state index in [1.54, 1.807) is 18.2 Å². The zero-order valence-electron chi connectivity index (χ0n) is 8.37. The van der Waals surface area contributed by atoms with Crippen molar-refractivity contribution >= 4 is 11.6 Å². The third-order valence-corrected chi connectivity index (χ3v) is 2.84. The summed E-state index contributed by atoms with van der Waals surface area (Å²) in [5.41, 5.74) is 0.901. The number of ether oxygens (including phenoxy) is 1. The number of aromatic hydroxyl groups is 1. The van der Waals surface area contributed by atoms with E-state index < -0.39 is 0 Å². The van der Waals surface area contributed by atoms with Crippen LogP contribution >= 0.6 is 11.6 Å². The summed E-state index contributed by atoms with van der Waals surface area (Å²) in [5.74, 6) is 0.237. The standard InChI is InChI=1S/C11H14ClNO2/c12-10-3-2-8(14)6-9(10)11-7-15-5-1-4-13-11/h2-3,6,11,13-14H,1,4-5,7H2/t11-/m0/s1. The molecule has 0 radical (unpaired) electrons. The van der Waals surface area contributed by atoms with E-state index in [4.69, 9.17) is 16.3 Å². The Bertz CT molecular complexity index is 335. The zero-order valence-corrected chi connectivity index (χ0v) is 9.13. The molecule has 1 fully saturated rings. The lowest BCUT2D eigenvalue weighted by molar-refractivity contribution is 0.131. The SMILES string of the molecule is Oc1ccc(Cl)c([C@@H]2COCCCN2)c1. The van der Waals surface area contributed by atoms with Gasteiger partial charge in [-0.2, -0.15) is 0 Å². The van der Waals surface area contributed by atoms with Gasteiger partial charge in [-0.1, -0.05) is 11.6 Å². The minimum atomic E-state index is 0.0760. The third kappa shape index (κ3) is 2.62. The van der Waals surface area contributed by atoms with Crippen LogP contribution < -0.4 is 5.32 Å². The summed E-state index contributed by atoms with van der Waals surface area (Å²) in [4.78, 5) is 0. The molecule has 15 heavy (non-hydrogen) atoms. The van der Waals surface area contributed by atoms with Gasteiger partial charge in [0.2, 0.25) is 0 Å². The van der Waals surface area contributed by atoms with Gasteiger partial charge in [0.15, 0.2) is 0 Å². The average molecular weight is 228 g/mol. The van der Waals surface area contributed by atoms with Crippen LogP contribution in [0.1, 0.15) is 18.0 Å². The molecule has 2 rings (SSSR count). The molecule has 0 saturated carbocycles. The van der Waals surface area contributed by atoms with E-state index in [0.717, 1.165) is 25.1 Å². The van der Waals surface area contributed by atoms with Crippen LogP contribution in [0.4, 0.5) is 0 Å². The minimum Gasteiger partial charge on any atom is -0.508 e. The minimum absolute atomic E-state index is 0.0760. The maximum absolute atomic E-state index is 9.41. The first-order valence-corrected chi connectivity index (χ1v) is 5.45. The highest BCUT2D eigenvalue weighted by Gasteiger charge is 2.17. The van der Waals surface area contributed by atoms with Crippen molar-refractivity contribution < 1.29 is 9.84 Å². The highest BCUT2D eigenvalue weighted by atomic mass is 35.5. The predicted molar refractivity (Wildman–Crippen MR) is 59.3 cm³/mol. The van der Waals surface area contributed by atoms with Crippen molar-refractivity contribution in [2.45, 2.75) is 12.5 Å². The van der Waals surface area contributed by atoms with E-state index in [0.29, 0.717) is 11.6 Å². The number of hydrogen-bond donors (Lipinski definition) is 2. The van der Waals surface area contributed by atoms with Crippen molar-refractivity contribution in [3.63, 3.8) is 0 Å². The van der Waals surface area contributed by atoms with Crippen LogP contribution in [0.15, 0.2) is 18.2 Å². The molecule has 0 bridgehead atoms. The molecular formula is C11H14ClNO2. The van der Waals surface area contributed by atoms with E-state index >= 15 is 0 Å². The Balaban J connectivity index is 2.22. The second kappa shape index (κ2) is 4.84. The van der Waals surface area contributed by atoms with E-state index in [1.807, 2.05) is 0 Å². The van der Waals surface area contributed by atoms with Crippen molar-refractivity contribution in [3.8, 4) is 5.75 Å². The molecule has 0 aliphatic carbocycles. The van der Waals surface area contributed by atoms with Gasteiger partial charge in [0.05, 0.1) is 12.6 Å². The fourth-order valence-electron chi connectivity index (χ4n) is 1.71. The molecule has 0 amide bonds. The van der Waals surface area contributed by atoms with Gasteiger partial charge in [-0.15, -0.1) is 0 Å². The largest absolute Gasteiger partial charge is 0.508 e. The lowest BCUT2D eigenvalue weighted by Gasteiger charge is -2.17. The highest BCUT2D eigenvalue weighted by Crippen LogP contribution is 2.27. The number of phenolic OH excluding ortho intramolecular Hbond substituents is 1. The van der Waals surface area contributed by atoms with Gasteiger partial charge < -0.3 is 15.2 Å².